The van der Waals surface area contributed by atoms with Crippen LogP contribution in [0, 0.1) is 6.92 Å². The Labute approximate surface area is 120 Å². The number of hydrogen-bond acceptors (Lipinski definition) is 1. The van der Waals surface area contributed by atoms with Crippen molar-refractivity contribution in [1.29, 1.82) is 0 Å². The van der Waals surface area contributed by atoms with E-state index in [1.807, 2.05) is 0 Å². The van der Waals surface area contributed by atoms with E-state index < -0.39 is 0 Å². The predicted molar refractivity (Wildman–Crippen MR) is 84.1 cm³/mol. The fourth-order valence-corrected chi connectivity index (χ4v) is 2.53. The van der Waals surface area contributed by atoms with Crippen LogP contribution in [0.25, 0.3) is 0 Å². The highest BCUT2D eigenvalue weighted by atomic mass is 79.9. The Hall–Kier alpha value is -0.340. The van der Waals surface area contributed by atoms with E-state index >= 15 is 0 Å². The fourth-order valence-electron chi connectivity index (χ4n) is 2.13. The standard InChI is InChI=1S/C16H26BrN/c1-4-6-7-8-16(18-11-5-2)14-10-9-13(3)15(17)12-14/h9-10,12,16,18H,4-8,11H2,1-3H3. The van der Waals surface area contributed by atoms with Crippen molar-refractivity contribution in [1.82, 2.24) is 5.32 Å². The lowest BCUT2D eigenvalue weighted by molar-refractivity contribution is 0.474. The summed E-state index contributed by atoms with van der Waals surface area (Å²) in [4.78, 5) is 0. The van der Waals surface area contributed by atoms with Gasteiger partial charge >= 0.3 is 0 Å². The zero-order valence-corrected chi connectivity index (χ0v) is 13.5. The SMILES string of the molecule is CCCCCC(NCCC)c1ccc(C)c(Br)c1. The van der Waals surface area contributed by atoms with Crippen LogP contribution < -0.4 is 5.32 Å². The first-order valence-electron chi connectivity index (χ1n) is 7.18. The molecule has 0 aliphatic heterocycles. The summed E-state index contributed by atoms with van der Waals surface area (Å²) < 4.78 is 1.22. The molecule has 1 N–H and O–H groups in total. The van der Waals surface area contributed by atoms with Crippen molar-refractivity contribution in [2.75, 3.05) is 6.54 Å². The van der Waals surface area contributed by atoms with E-state index in [9.17, 15) is 0 Å². The topological polar surface area (TPSA) is 12.0 Å². The van der Waals surface area contributed by atoms with Crippen molar-refractivity contribution in [3.05, 3.63) is 33.8 Å². The molecule has 2 heteroatoms. The molecule has 18 heavy (non-hydrogen) atoms. The average Bonchev–Trinajstić information content (AvgIpc) is 2.37. The van der Waals surface area contributed by atoms with Crippen LogP contribution in [0.1, 0.15) is 63.1 Å². The van der Waals surface area contributed by atoms with Crippen LogP contribution in [-0.4, -0.2) is 6.54 Å². The van der Waals surface area contributed by atoms with Crippen molar-refractivity contribution in [2.45, 2.75) is 58.9 Å². The largest absolute Gasteiger partial charge is 0.310 e. The second-order valence-electron chi connectivity index (χ2n) is 5.01. The molecule has 1 aromatic rings. The summed E-state index contributed by atoms with van der Waals surface area (Å²) in [6.45, 7) is 7.72. The van der Waals surface area contributed by atoms with E-state index in [2.05, 4.69) is 60.2 Å². The number of unbranched alkanes of at least 4 members (excludes halogenated alkanes) is 2. The average molecular weight is 312 g/mol. The minimum Gasteiger partial charge on any atom is -0.310 e. The Kier molecular flexibility index (Phi) is 7.60. The summed E-state index contributed by atoms with van der Waals surface area (Å²) in [6.07, 6.45) is 6.36. The lowest BCUT2D eigenvalue weighted by atomic mass is 9.99. The van der Waals surface area contributed by atoms with Crippen molar-refractivity contribution in [2.24, 2.45) is 0 Å². The van der Waals surface area contributed by atoms with E-state index in [0.717, 1.165) is 6.54 Å². The molecule has 102 valence electrons. The van der Waals surface area contributed by atoms with Crippen LogP contribution in [0.5, 0.6) is 0 Å². The minimum atomic E-state index is 0.508. The molecule has 0 aliphatic rings. The smallest absolute Gasteiger partial charge is 0.0320 e. The third kappa shape index (κ3) is 5.11. The molecule has 0 radical (unpaired) electrons. The molecular weight excluding hydrogens is 286 g/mol. The summed E-state index contributed by atoms with van der Waals surface area (Å²) in [6, 6.07) is 7.25. The molecule has 1 aromatic carbocycles. The van der Waals surface area contributed by atoms with Crippen LogP contribution in [0.2, 0.25) is 0 Å². The molecule has 0 spiro atoms. The molecule has 0 aliphatic carbocycles. The van der Waals surface area contributed by atoms with Crippen LogP contribution in [0.15, 0.2) is 22.7 Å². The molecule has 0 bridgehead atoms. The van der Waals surface area contributed by atoms with Gasteiger partial charge in [0.05, 0.1) is 0 Å². The lowest BCUT2D eigenvalue weighted by Gasteiger charge is -2.19. The van der Waals surface area contributed by atoms with Gasteiger partial charge in [0.25, 0.3) is 0 Å². The summed E-state index contributed by atoms with van der Waals surface area (Å²) in [5, 5.41) is 3.67. The third-order valence-electron chi connectivity index (χ3n) is 3.34. The maximum Gasteiger partial charge on any atom is 0.0320 e. The maximum atomic E-state index is 3.67. The van der Waals surface area contributed by atoms with E-state index in [1.165, 1.54) is 47.7 Å². The first-order valence-corrected chi connectivity index (χ1v) is 7.97. The van der Waals surface area contributed by atoms with Crippen molar-refractivity contribution in [3.8, 4) is 0 Å². The summed E-state index contributed by atoms with van der Waals surface area (Å²) in [7, 11) is 0. The van der Waals surface area contributed by atoms with Crippen LogP contribution in [0.3, 0.4) is 0 Å². The number of halogens is 1. The molecular formula is C16H26BrN. The Morgan fingerprint density at radius 1 is 1.17 bits per heavy atom. The number of hydrogen-bond donors (Lipinski definition) is 1. The fraction of sp³-hybridized carbons (Fsp3) is 0.625. The number of benzene rings is 1. The van der Waals surface area contributed by atoms with Crippen molar-refractivity contribution < 1.29 is 0 Å². The number of aryl methyl sites for hydroxylation is 1. The lowest BCUT2D eigenvalue weighted by Crippen LogP contribution is -2.22. The van der Waals surface area contributed by atoms with Crippen LogP contribution >= 0.6 is 15.9 Å². The molecule has 0 amide bonds. The van der Waals surface area contributed by atoms with Crippen LogP contribution in [0.4, 0.5) is 0 Å². The molecule has 1 rings (SSSR count). The Morgan fingerprint density at radius 3 is 2.56 bits per heavy atom. The van der Waals surface area contributed by atoms with E-state index in [0.29, 0.717) is 6.04 Å². The monoisotopic (exact) mass is 311 g/mol. The summed E-state index contributed by atoms with van der Waals surface area (Å²) in [5.74, 6) is 0. The quantitative estimate of drug-likeness (QED) is 0.636. The van der Waals surface area contributed by atoms with Gasteiger partial charge in [-0.15, -0.1) is 0 Å². The Balaban J connectivity index is 2.70. The molecule has 0 saturated heterocycles. The van der Waals surface area contributed by atoms with E-state index in [1.54, 1.807) is 0 Å². The molecule has 1 unspecified atom stereocenters. The van der Waals surface area contributed by atoms with Gasteiger partial charge < -0.3 is 5.32 Å². The second kappa shape index (κ2) is 8.71. The molecule has 0 aromatic heterocycles. The highest BCUT2D eigenvalue weighted by molar-refractivity contribution is 9.10. The Morgan fingerprint density at radius 2 is 1.94 bits per heavy atom. The van der Waals surface area contributed by atoms with Gasteiger partial charge in [-0.2, -0.15) is 0 Å². The van der Waals surface area contributed by atoms with Gasteiger partial charge in [0.1, 0.15) is 0 Å². The first-order chi connectivity index (χ1) is 8.69. The van der Waals surface area contributed by atoms with E-state index in [-0.39, 0.29) is 0 Å². The van der Waals surface area contributed by atoms with Crippen molar-refractivity contribution in [3.63, 3.8) is 0 Å². The highest BCUT2D eigenvalue weighted by Crippen LogP contribution is 2.25. The molecule has 0 saturated carbocycles. The molecule has 1 nitrogen and oxygen atoms in total. The van der Waals surface area contributed by atoms with Gasteiger partial charge in [-0.25, -0.2) is 0 Å². The molecule has 0 fully saturated rings. The number of rotatable bonds is 8. The van der Waals surface area contributed by atoms with E-state index in [4.69, 9.17) is 0 Å². The molecule has 0 heterocycles. The van der Waals surface area contributed by atoms with Gasteiger partial charge in [0.15, 0.2) is 0 Å². The zero-order valence-electron chi connectivity index (χ0n) is 11.9. The summed E-state index contributed by atoms with van der Waals surface area (Å²) >= 11 is 3.64. The zero-order chi connectivity index (χ0) is 13.4. The first kappa shape index (κ1) is 15.7. The summed E-state index contributed by atoms with van der Waals surface area (Å²) in [5.41, 5.74) is 2.72. The Bertz CT molecular complexity index is 349. The third-order valence-corrected chi connectivity index (χ3v) is 4.19. The molecule has 1 atom stereocenters. The minimum absolute atomic E-state index is 0.508. The maximum absolute atomic E-state index is 3.67. The normalized spacial score (nSPS) is 12.7. The van der Waals surface area contributed by atoms with Gasteiger partial charge in [-0.1, -0.05) is 61.2 Å². The van der Waals surface area contributed by atoms with Gasteiger partial charge in [-0.05, 0) is 43.5 Å². The van der Waals surface area contributed by atoms with Gasteiger partial charge in [0.2, 0.25) is 0 Å². The van der Waals surface area contributed by atoms with Gasteiger partial charge in [-0.3, -0.25) is 0 Å². The number of nitrogens with one attached hydrogen (secondary N) is 1. The second-order valence-corrected chi connectivity index (χ2v) is 5.87. The van der Waals surface area contributed by atoms with Crippen LogP contribution in [-0.2, 0) is 0 Å². The van der Waals surface area contributed by atoms with Crippen molar-refractivity contribution >= 4 is 15.9 Å². The van der Waals surface area contributed by atoms with Gasteiger partial charge in [0, 0.05) is 10.5 Å². The predicted octanol–water partition coefficient (Wildman–Crippen LogP) is 5.38. The highest BCUT2D eigenvalue weighted by Gasteiger charge is 2.11.